The second-order valence-electron chi connectivity index (χ2n) is 5.98. The quantitative estimate of drug-likeness (QED) is 0.578. The zero-order valence-corrected chi connectivity index (χ0v) is 14.7. The molecule has 0 spiro atoms. The van der Waals surface area contributed by atoms with Crippen molar-refractivity contribution in [1.29, 1.82) is 0 Å². The third-order valence-electron chi connectivity index (χ3n) is 3.73. The minimum atomic E-state index is -4.48. The number of benzene rings is 2. The summed E-state index contributed by atoms with van der Waals surface area (Å²) in [5.41, 5.74) is 1.19. The number of carbonyl (C=O) groups excluding carboxylic acids is 2. The highest BCUT2D eigenvalue weighted by Crippen LogP contribution is 2.20. The van der Waals surface area contributed by atoms with Gasteiger partial charge in [-0.1, -0.05) is 18.2 Å². The Morgan fingerprint density at radius 2 is 1.75 bits per heavy atom. The molecule has 0 heterocycles. The first kappa shape index (κ1) is 20.9. The largest absolute Gasteiger partial charge is 0.405 e. The van der Waals surface area contributed by atoms with E-state index in [0.29, 0.717) is 16.8 Å². The van der Waals surface area contributed by atoms with Crippen LogP contribution in [0.3, 0.4) is 0 Å². The highest BCUT2D eigenvalue weighted by molar-refractivity contribution is 6.04. The van der Waals surface area contributed by atoms with Crippen LogP contribution in [-0.2, 0) is 11.2 Å². The molecular formula is C18H16F3N3O4. The topological polar surface area (TPSA) is 101 Å². The minimum Gasteiger partial charge on any atom is -0.347 e. The summed E-state index contributed by atoms with van der Waals surface area (Å²) < 4.78 is 36.2. The van der Waals surface area contributed by atoms with Gasteiger partial charge in [-0.2, -0.15) is 13.2 Å². The van der Waals surface area contributed by atoms with E-state index in [0.717, 1.165) is 0 Å². The third kappa shape index (κ3) is 6.08. The van der Waals surface area contributed by atoms with E-state index in [4.69, 9.17) is 0 Å². The SMILES string of the molecule is Cc1ccc(C(=O)Nc2ccc(CC(=O)NCC(F)(F)F)cc2)cc1[N+](=O)[O-]. The monoisotopic (exact) mass is 395 g/mol. The second-order valence-corrected chi connectivity index (χ2v) is 5.98. The first-order valence-corrected chi connectivity index (χ1v) is 8.04. The normalized spacial score (nSPS) is 11.0. The van der Waals surface area contributed by atoms with Gasteiger partial charge in [0.15, 0.2) is 0 Å². The Labute approximate surface area is 157 Å². The number of amides is 2. The number of nitro benzene ring substituents is 1. The fraction of sp³-hybridized carbons (Fsp3) is 0.222. The van der Waals surface area contributed by atoms with Gasteiger partial charge in [-0.15, -0.1) is 0 Å². The van der Waals surface area contributed by atoms with Gasteiger partial charge in [0.2, 0.25) is 5.91 Å². The van der Waals surface area contributed by atoms with Crippen LogP contribution < -0.4 is 10.6 Å². The van der Waals surface area contributed by atoms with Crippen LogP contribution in [0.5, 0.6) is 0 Å². The summed E-state index contributed by atoms with van der Waals surface area (Å²) in [7, 11) is 0. The summed E-state index contributed by atoms with van der Waals surface area (Å²) in [6.07, 6.45) is -4.72. The number of nitrogens with one attached hydrogen (secondary N) is 2. The van der Waals surface area contributed by atoms with Crippen molar-refractivity contribution in [3.05, 3.63) is 69.3 Å². The molecule has 2 N–H and O–H groups in total. The maximum absolute atomic E-state index is 12.2. The number of alkyl halides is 3. The van der Waals surface area contributed by atoms with E-state index in [1.807, 2.05) is 0 Å². The van der Waals surface area contributed by atoms with Gasteiger partial charge >= 0.3 is 6.18 Å². The molecular weight excluding hydrogens is 379 g/mol. The Bertz CT molecular complexity index is 896. The molecule has 7 nitrogen and oxygen atoms in total. The van der Waals surface area contributed by atoms with Crippen LogP contribution in [0.25, 0.3) is 0 Å². The van der Waals surface area contributed by atoms with Crippen molar-refractivity contribution in [2.75, 3.05) is 11.9 Å². The van der Waals surface area contributed by atoms with Gasteiger partial charge in [0.05, 0.1) is 11.3 Å². The first-order chi connectivity index (χ1) is 13.0. The predicted octanol–water partition coefficient (Wildman–Crippen LogP) is 3.38. The van der Waals surface area contributed by atoms with Gasteiger partial charge in [-0.05, 0) is 30.7 Å². The molecule has 0 fully saturated rings. The van der Waals surface area contributed by atoms with E-state index in [2.05, 4.69) is 5.32 Å². The summed E-state index contributed by atoms with van der Waals surface area (Å²) >= 11 is 0. The third-order valence-corrected chi connectivity index (χ3v) is 3.73. The summed E-state index contributed by atoms with van der Waals surface area (Å²) in [5, 5.41) is 15.3. The van der Waals surface area contributed by atoms with E-state index in [-0.39, 0.29) is 17.7 Å². The van der Waals surface area contributed by atoms with Crippen LogP contribution in [0.1, 0.15) is 21.5 Å². The molecule has 28 heavy (non-hydrogen) atoms. The fourth-order valence-electron chi connectivity index (χ4n) is 2.30. The standard InChI is InChI=1S/C18H16F3N3O4/c1-11-2-5-13(9-15(11)24(27)28)17(26)23-14-6-3-12(4-7-14)8-16(25)22-10-18(19,20)21/h2-7,9H,8,10H2,1H3,(H,22,25)(H,23,26). The van der Waals surface area contributed by atoms with E-state index < -0.39 is 29.5 Å². The van der Waals surface area contributed by atoms with Crippen molar-refractivity contribution in [2.45, 2.75) is 19.5 Å². The smallest absolute Gasteiger partial charge is 0.347 e. The summed E-state index contributed by atoms with van der Waals surface area (Å²) in [4.78, 5) is 34.1. The molecule has 0 unspecified atom stereocenters. The Hall–Kier alpha value is -3.43. The van der Waals surface area contributed by atoms with Crippen molar-refractivity contribution in [3.8, 4) is 0 Å². The lowest BCUT2D eigenvalue weighted by atomic mass is 10.1. The highest BCUT2D eigenvalue weighted by Gasteiger charge is 2.27. The maximum atomic E-state index is 12.2. The minimum absolute atomic E-state index is 0.105. The van der Waals surface area contributed by atoms with E-state index in [1.54, 1.807) is 12.2 Å². The lowest BCUT2D eigenvalue weighted by Gasteiger charge is -2.09. The van der Waals surface area contributed by atoms with E-state index >= 15 is 0 Å². The zero-order chi connectivity index (χ0) is 20.9. The molecule has 0 aliphatic rings. The van der Waals surface area contributed by atoms with Crippen LogP contribution in [0.15, 0.2) is 42.5 Å². The van der Waals surface area contributed by atoms with Crippen molar-refractivity contribution in [1.82, 2.24) is 5.32 Å². The Morgan fingerprint density at radius 3 is 2.32 bits per heavy atom. The van der Waals surface area contributed by atoms with Crippen molar-refractivity contribution >= 4 is 23.2 Å². The second kappa shape index (κ2) is 8.51. The average Bonchev–Trinajstić information content (AvgIpc) is 2.61. The predicted molar refractivity (Wildman–Crippen MR) is 95.0 cm³/mol. The molecule has 2 amide bonds. The van der Waals surface area contributed by atoms with Crippen LogP contribution >= 0.6 is 0 Å². The molecule has 0 radical (unpaired) electrons. The van der Waals surface area contributed by atoms with E-state index in [9.17, 15) is 32.9 Å². The number of nitro groups is 1. The molecule has 0 aromatic heterocycles. The lowest BCUT2D eigenvalue weighted by Crippen LogP contribution is -2.34. The zero-order valence-electron chi connectivity index (χ0n) is 14.7. The molecule has 10 heteroatoms. The molecule has 0 saturated carbocycles. The van der Waals surface area contributed by atoms with Gasteiger partial charge in [-0.25, -0.2) is 0 Å². The molecule has 2 aromatic rings. The first-order valence-electron chi connectivity index (χ1n) is 8.04. The number of rotatable bonds is 6. The van der Waals surface area contributed by atoms with Gasteiger partial charge in [0.25, 0.3) is 11.6 Å². The number of hydrogen-bond donors (Lipinski definition) is 2. The fourth-order valence-corrected chi connectivity index (χ4v) is 2.30. The average molecular weight is 395 g/mol. The van der Waals surface area contributed by atoms with Gasteiger partial charge in [-0.3, -0.25) is 19.7 Å². The number of hydrogen-bond acceptors (Lipinski definition) is 4. The molecule has 0 aliphatic heterocycles. The summed E-state index contributed by atoms with van der Waals surface area (Å²) in [5.74, 6) is -1.33. The Kier molecular flexibility index (Phi) is 6.34. The molecule has 148 valence electrons. The van der Waals surface area contributed by atoms with Crippen LogP contribution in [0, 0.1) is 17.0 Å². The molecule has 2 aromatic carbocycles. The maximum Gasteiger partial charge on any atom is 0.405 e. The van der Waals surface area contributed by atoms with E-state index in [1.165, 1.54) is 42.5 Å². The van der Waals surface area contributed by atoms with Gasteiger partial charge < -0.3 is 10.6 Å². The molecule has 2 rings (SSSR count). The highest BCUT2D eigenvalue weighted by atomic mass is 19.4. The van der Waals surface area contributed by atoms with Gasteiger partial charge in [0, 0.05) is 22.9 Å². The van der Waals surface area contributed by atoms with Crippen LogP contribution in [-0.4, -0.2) is 29.5 Å². The summed E-state index contributed by atoms with van der Waals surface area (Å²) in [6, 6.07) is 10.0. The van der Waals surface area contributed by atoms with Crippen molar-refractivity contribution in [2.24, 2.45) is 0 Å². The Morgan fingerprint density at radius 1 is 1.11 bits per heavy atom. The molecule has 0 bridgehead atoms. The number of nitrogens with zero attached hydrogens (tertiary/aromatic N) is 1. The van der Waals surface area contributed by atoms with Crippen LogP contribution in [0.2, 0.25) is 0 Å². The number of carbonyl (C=O) groups is 2. The summed E-state index contributed by atoms with van der Waals surface area (Å²) in [6.45, 7) is 0.159. The number of halogens is 3. The van der Waals surface area contributed by atoms with Crippen molar-refractivity contribution < 1.29 is 27.7 Å². The number of anilines is 1. The van der Waals surface area contributed by atoms with Gasteiger partial charge in [0.1, 0.15) is 6.54 Å². The molecule has 0 aliphatic carbocycles. The molecule has 0 atom stereocenters. The Balaban J connectivity index is 1.99. The number of aryl methyl sites for hydroxylation is 1. The van der Waals surface area contributed by atoms with Crippen molar-refractivity contribution in [3.63, 3.8) is 0 Å². The molecule has 0 saturated heterocycles. The lowest BCUT2D eigenvalue weighted by molar-refractivity contribution is -0.385. The van der Waals surface area contributed by atoms with Crippen LogP contribution in [0.4, 0.5) is 24.5 Å².